The molecule has 0 aliphatic heterocycles. The van der Waals surface area contributed by atoms with E-state index in [-0.39, 0.29) is 32.2 Å². The van der Waals surface area contributed by atoms with Crippen molar-refractivity contribution in [1.29, 1.82) is 0 Å². The van der Waals surface area contributed by atoms with Crippen LogP contribution in [0, 0.1) is 0 Å². The number of carbonyl (C=O) groups is 3. The number of unbranched alkanes of at least 4 members (excludes halogenated alkanes) is 17. The van der Waals surface area contributed by atoms with Crippen LogP contribution in [0.5, 0.6) is 0 Å². The van der Waals surface area contributed by atoms with E-state index < -0.39 is 24.3 Å². The number of allylic oxidation sites excluding steroid dienone is 2. The molecule has 0 aromatic heterocycles. The van der Waals surface area contributed by atoms with Crippen LogP contribution in [0.15, 0.2) is 12.2 Å². The Hall–Kier alpha value is -1.97. The molecule has 0 radical (unpaired) electrons. The molecule has 0 spiro atoms. The van der Waals surface area contributed by atoms with Crippen LogP contribution in [0.25, 0.3) is 0 Å². The molecule has 0 heterocycles. The third kappa shape index (κ3) is 32.4. The molecular weight excluding hydrogens is 598 g/mol. The van der Waals surface area contributed by atoms with Crippen molar-refractivity contribution < 1.29 is 42.9 Å². The Morgan fingerprint density at radius 1 is 0.617 bits per heavy atom. The molecule has 0 rings (SSSR count). The molecule has 0 amide bonds. The Morgan fingerprint density at radius 2 is 1.09 bits per heavy atom. The number of aliphatic carboxylic acids is 1. The van der Waals surface area contributed by atoms with Crippen molar-refractivity contribution in [1.82, 2.24) is 0 Å². The Morgan fingerprint density at radius 3 is 1.57 bits per heavy atom. The minimum absolute atomic E-state index is 0.148. The molecule has 9 nitrogen and oxygen atoms in total. The van der Waals surface area contributed by atoms with Gasteiger partial charge in [-0.05, 0) is 38.5 Å². The lowest BCUT2D eigenvalue weighted by Gasteiger charge is -2.26. The van der Waals surface area contributed by atoms with Crippen LogP contribution in [0.3, 0.4) is 0 Å². The summed E-state index contributed by atoms with van der Waals surface area (Å²) in [5.41, 5.74) is 0. The lowest BCUT2D eigenvalue weighted by molar-refractivity contribution is -0.870. The number of likely N-dealkylation sites (N-methyl/N-ethyl adjacent to an activating group) is 1. The highest BCUT2D eigenvalue weighted by molar-refractivity contribution is 5.70. The molecule has 0 saturated carbocycles. The highest BCUT2D eigenvalue weighted by Gasteiger charge is 2.21. The van der Waals surface area contributed by atoms with E-state index >= 15 is 0 Å². The number of carboxylic acid groups (broad SMARTS) is 1. The Bertz CT molecular complexity index is 795. The first-order valence-electron chi connectivity index (χ1n) is 18.8. The molecule has 0 bridgehead atoms. The van der Waals surface area contributed by atoms with Crippen molar-refractivity contribution in [2.75, 3.05) is 47.5 Å². The van der Waals surface area contributed by atoms with Crippen LogP contribution in [0.2, 0.25) is 0 Å². The lowest BCUT2D eigenvalue weighted by atomic mass is 10.1. The summed E-state index contributed by atoms with van der Waals surface area (Å²) in [6, 6.07) is 0. The molecule has 0 fully saturated rings. The van der Waals surface area contributed by atoms with Crippen LogP contribution >= 0.6 is 0 Å². The van der Waals surface area contributed by atoms with E-state index in [1.807, 2.05) is 21.1 Å². The number of ether oxygens (including phenoxy) is 4. The zero-order valence-corrected chi connectivity index (χ0v) is 30.9. The summed E-state index contributed by atoms with van der Waals surface area (Å²) in [4.78, 5) is 36.5. The number of hydrogen-bond acceptors (Lipinski definition) is 8. The second-order valence-corrected chi connectivity index (χ2v) is 13.9. The second-order valence-electron chi connectivity index (χ2n) is 13.9. The van der Waals surface area contributed by atoms with Crippen molar-refractivity contribution in [3.8, 4) is 0 Å². The van der Waals surface area contributed by atoms with E-state index in [1.165, 1.54) is 64.2 Å². The highest BCUT2D eigenvalue weighted by atomic mass is 16.7. The fourth-order valence-corrected chi connectivity index (χ4v) is 5.00. The van der Waals surface area contributed by atoms with Gasteiger partial charge in [-0.3, -0.25) is 9.59 Å². The summed E-state index contributed by atoms with van der Waals surface area (Å²) in [7, 11) is 5.89. The van der Waals surface area contributed by atoms with Gasteiger partial charge in [-0.1, -0.05) is 116 Å². The summed E-state index contributed by atoms with van der Waals surface area (Å²) in [5, 5.41) is 11.6. The van der Waals surface area contributed by atoms with E-state index in [0.717, 1.165) is 57.8 Å². The van der Waals surface area contributed by atoms with Gasteiger partial charge in [0.2, 0.25) is 0 Å². The molecule has 0 saturated heterocycles. The Balaban J connectivity index is 4.45. The van der Waals surface area contributed by atoms with Gasteiger partial charge in [0.25, 0.3) is 0 Å². The van der Waals surface area contributed by atoms with E-state index in [2.05, 4.69) is 26.0 Å². The SMILES string of the molecule is CCCCCCCCC/C=C\CCCCCCCC(=O)OC(COC(=O)CCCCCCCC)COC(OCC[N+](C)(C)C)C(=O)[O-]. The smallest absolute Gasteiger partial charge is 0.306 e. The average molecular weight is 670 g/mol. The molecule has 0 aromatic carbocycles. The monoisotopic (exact) mass is 670 g/mol. The Kier molecular flexibility index (Phi) is 30.0. The summed E-state index contributed by atoms with van der Waals surface area (Å²) in [6.07, 6.45) is 25.5. The van der Waals surface area contributed by atoms with Crippen molar-refractivity contribution in [3.63, 3.8) is 0 Å². The van der Waals surface area contributed by atoms with Crippen LogP contribution < -0.4 is 5.11 Å². The molecule has 276 valence electrons. The van der Waals surface area contributed by atoms with Crippen molar-refractivity contribution in [2.45, 2.75) is 167 Å². The standard InChI is InChI=1S/C38H71NO8/c1-6-8-10-12-14-15-16-17-18-19-20-21-22-23-25-27-29-36(41)47-34(32-45-35(40)28-26-24-13-11-9-7-2)33-46-38(37(42)43)44-31-30-39(3,4)5/h18-19,34,38H,6-17,20-33H2,1-5H3/b19-18-. The predicted molar refractivity (Wildman–Crippen MR) is 186 cm³/mol. The summed E-state index contributed by atoms with van der Waals surface area (Å²) < 4.78 is 22.3. The van der Waals surface area contributed by atoms with Gasteiger partial charge < -0.3 is 33.3 Å². The Labute approximate surface area is 287 Å². The highest BCUT2D eigenvalue weighted by Crippen LogP contribution is 2.12. The largest absolute Gasteiger partial charge is 0.545 e. The van der Waals surface area contributed by atoms with Crippen molar-refractivity contribution in [3.05, 3.63) is 12.2 Å². The van der Waals surface area contributed by atoms with Gasteiger partial charge in [-0.25, -0.2) is 0 Å². The maximum atomic E-state index is 12.6. The molecule has 0 aromatic rings. The molecule has 0 aliphatic carbocycles. The van der Waals surface area contributed by atoms with Crippen LogP contribution in [0.1, 0.15) is 155 Å². The fraction of sp³-hybridized carbons (Fsp3) is 0.868. The molecule has 2 atom stereocenters. The predicted octanol–water partition coefficient (Wildman–Crippen LogP) is 7.44. The molecule has 47 heavy (non-hydrogen) atoms. The first-order chi connectivity index (χ1) is 22.6. The summed E-state index contributed by atoms with van der Waals surface area (Å²) in [6.45, 7) is 4.64. The number of rotatable bonds is 34. The number of quaternary nitrogens is 1. The normalized spacial score (nSPS) is 13.1. The third-order valence-electron chi connectivity index (χ3n) is 8.01. The van der Waals surface area contributed by atoms with Crippen molar-refractivity contribution in [2.24, 2.45) is 0 Å². The first-order valence-corrected chi connectivity index (χ1v) is 18.8. The van der Waals surface area contributed by atoms with E-state index in [9.17, 15) is 19.5 Å². The van der Waals surface area contributed by atoms with E-state index in [4.69, 9.17) is 18.9 Å². The van der Waals surface area contributed by atoms with Gasteiger partial charge in [-0.15, -0.1) is 0 Å². The molecule has 0 N–H and O–H groups in total. The van der Waals surface area contributed by atoms with Crippen LogP contribution in [-0.4, -0.2) is 82.3 Å². The van der Waals surface area contributed by atoms with Gasteiger partial charge in [0.1, 0.15) is 13.2 Å². The van der Waals surface area contributed by atoms with Gasteiger partial charge in [0.15, 0.2) is 12.4 Å². The lowest BCUT2D eigenvalue weighted by Crippen LogP contribution is -2.44. The molecule has 9 heteroatoms. The third-order valence-corrected chi connectivity index (χ3v) is 8.01. The quantitative estimate of drug-likeness (QED) is 0.0229. The number of hydrogen-bond donors (Lipinski definition) is 0. The zero-order valence-electron chi connectivity index (χ0n) is 30.9. The molecule has 0 aliphatic rings. The summed E-state index contributed by atoms with van der Waals surface area (Å²) in [5.74, 6) is -2.31. The average Bonchev–Trinajstić information content (AvgIpc) is 3.02. The number of carboxylic acids is 1. The van der Waals surface area contributed by atoms with Gasteiger partial charge in [0, 0.05) is 12.8 Å². The minimum Gasteiger partial charge on any atom is -0.545 e. The number of nitrogens with zero attached hydrogens (tertiary/aromatic N) is 1. The van der Waals surface area contributed by atoms with Crippen LogP contribution in [-0.2, 0) is 33.3 Å². The summed E-state index contributed by atoms with van der Waals surface area (Å²) >= 11 is 0. The van der Waals surface area contributed by atoms with Gasteiger partial charge in [-0.2, -0.15) is 0 Å². The molecule has 2 unspecified atom stereocenters. The maximum absolute atomic E-state index is 12.6. The maximum Gasteiger partial charge on any atom is 0.306 e. The first kappa shape index (κ1) is 45.0. The van der Waals surface area contributed by atoms with Gasteiger partial charge in [0.05, 0.1) is 40.3 Å². The minimum atomic E-state index is -1.61. The number of esters is 2. The molecular formula is C38H71NO8. The van der Waals surface area contributed by atoms with Gasteiger partial charge >= 0.3 is 11.9 Å². The van der Waals surface area contributed by atoms with Crippen molar-refractivity contribution >= 4 is 17.9 Å². The number of carbonyl (C=O) groups excluding carboxylic acids is 3. The topological polar surface area (TPSA) is 111 Å². The van der Waals surface area contributed by atoms with E-state index in [0.29, 0.717) is 23.9 Å². The second kappa shape index (κ2) is 31.3. The van der Waals surface area contributed by atoms with Crippen LogP contribution in [0.4, 0.5) is 0 Å². The fourth-order valence-electron chi connectivity index (χ4n) is 5.00. The zero-order chi connectivity index (χ0) is 35.0. The van der Waals surface area contributed by atoms with E-state index in [1.54, 1.807) is 0 Å².